The van der Waals surface area contributed by atoms with Gasteiger partial charge in [-0.1, -0.05) is 41.9 Å². The van der Waals surface area contributed by atoms with Crippen LogP contribution in [-0.2, 0) is 16.1 Å². The van der Waals surface area contributed by atoms with Crippen LogP contribution in [0.3, 0.4) is 0 Å². The van der Waals surface area contributed by atoms with Crippen LogP contribution in [-0.4, -0.2) is 11.8 Å². The van der Waals surface area contributed by atoms with E-state index in [4.69, 9.17) is 11.6 Å². The minimum absolute atomic E-state index is 0.127. The van der Waals surface area contributed by atoms with Crippen molar-refractivity contribution in [1.82, 2.24) is 5.32 Å². The summed E-state index contributed by atoms with van der Waals surface area (Å²) in [6.07, 6.45) is 0. The first-order valence-electron chi connectivity index (χ1n) is 7.82. The first-order chi connectivity index (χ1) is 11.4. The standard InChI is InChI=1S/C19H19ClN2O2/c1-11-8-9-12(2)18-16(11)17(21-13(3)23)19(24)22(18)10-14-6-4-5-7-15(14)20/h4-9,17H,10H2,1-3H3,(H,21,23)/t17-/m0/s1. The Bertz CT molecular complexity index is 832. The van der Waals surface area contributed by atoms with Crippen LogP contribution in [0.4, 0.5) is 5.69 Å². The van der Waals surface area contributed by atoms with Crippen LogP contribution >= 0.6 is 11.6 Å². The summed E-state index contributed by atoms with van der Waals surface area (Å²) in [5.41, 5.74) is 4.62. The number of carbonyl (C=O) groups excluding carboxylic acids is 2. The molecule has 0 saturated carbocycles. The number of benzene rings is 2. The lowest BCUT2D eigenvalue weighted by molar-refractivity contribution is -0.126. The molecule has 2 aromatic carbocycles. The van der Waals surface area contributed by atoms with Gasteiger partial charge in [-0.3, -0.25) is 9.59 Å². The number of anilines is 1. The first-order valence-corrected chi connectivity index (χ1v) is 8.20. The number of nitrogens with one attached hydrogen (secondary N) is 1. The SMILES string of the molecule is CC(=O)N[C@@H]1C(=O)N(Cc2ccccc2Cl)c2c(C)ccc(C)c21. The highest BCUT2D eigenvalue weighted by Crippen LogP contribution is 2.41. The van der Waals surface area contributed by atoms with Gasteiger partial charge in [0.25, 0.3) is 5.91 Å². The third kappa shape index (κ3) is 2.78. The summed E-state index contributed by atoms with van der Waals surface area (Å²) < 4.78 is 0. The zero-order valence-corrected chi connectivity index (χ0v) is 14.6. The molecule has 1 aliphatic rings. The molecule has 124 valence electrons. The third-order valence-electron chi connectivity index (χ3n) is 4.34. The molecule has 0 spiro atoms. The van der Waals surface area contributed by atoms with Gasteiger partial charge in [-0.25, -0.2) is 0 Å². The molecular formula is C19H19ClN2O2. The van der Waals surface area contributed by atoms with E-state index in [2.05, 4.69) is 5.32 Å². The summed E-state index contributed by atoms with van der Waals surface area (Å²) in [7, 11) is 0. The predicted molar refractivity (Wildman–Crippen MR) is 95.1 cm³/mol. The second-order valence-electron chi connectivity index (χ2n) is 6.11. The van der Waals surface area contributed by atoms with Crippen molar-refractivity contribution in [3.8, 4) is 0 Å². The third-order valence-corrected chi connectivity index (χ3v) is 4.71. The van der Waals surface area contributed by atoms with E-state index in [0.29, 0.717) is 11.6 Å². The minimum atomic E-state index is -0.639. The summed E-state index contributed by atoms with van der Waals surface area (Å²) in [4.78, 5) is 26.3. The fraction of sp³-hybridized carbons (Fsp3) is 0.263. The molecule has 1 N–H and O–H groups in total. The fourth-order valence-corrected chi connectivity index (χ4v) is 3.42. The molecule has 0 saturated heterocycles. The molecule has 4 nitrogen and oxygen atoms in total. The van der Waals surface area contributed by atoms with Crippen LogP contribution in [0.25, 0.3) is 0 Å². The van der Waals surface area contributed by atoms with Crippen molar-refractivity contribution < 1.29 is 9.59 Å². The normalized spacial score (nSPS) is 16.2. The van der Waals surface area contributed by atoms with Crippen LogP contribution in [0.5, 0.6) is 0 Å². The van der Waals surface area contributed by atoms with Gasteiger partial charge in [0, 0.05) is 17.5 Å². The second kappa shape index (κ2) is 6.29. The Balaban J connectivity index is 2.09. The van der Waals surface area contributed by atoms with E-state index in [1.54, 1.807) is 4.90 Å². The first kappa shape index (κ1) is 16.5. The van der Waals surface area contributed by atoms with Crippen LogP contribution in [0.1, 0.15) is 35.2 Å². The highest BCUT2D eigenvalue weighted by Gasteiger charge is 2.40. The van der Waals surface area contributed by atoms with E-state index in [1.165, 1.54) is 6.92 Å². The topological polar surface area (TPSA) is 49.4 Å². The molecule has 0 aliphatic carbocycles. The molecule has 2 amide bonds. The maximum Gasteiger partial charge on any atom is 0.254 e. The molecule has 0 radical (unpaired) electrons. The van der Waals surface area contributed by atoms with Crippen molar-refractivity contribution in [2.24, 2.45) is 0 Å². The smallest absolute Gasteiger partial charge is 0.254 e. The van der Waals surface area contributed by atoms with Crippen molar-refractivity contribution in [1.29, 1.82) is 0 Å². The monoisotopic (exact) mass is 342 g/mol. The highest BCUT2D eigenvalue weighted by molar-refractivity contribution is 6.31. The van der Waals surface area contributed by atoms with Gasteiger partial charge in [0.05, 0.1) is 12.2 Å². The van der Waals surface area contributed by atoms with Gasteiger partial charge in [-0.2, -0.15) is 0 Å². The molecule has 1 atom stereocenters. The summed E-state index contributed by atoms with van der Waals surface area (Å²) in [5, 5.41) is 3.41. The molecule has 24 heavy (non-hydrogen) atoms. The average Bonchev–Trinajstić information content (AvgIpc) is 2.79. The molecule has 0 unspecified atom stereocenters. The molecule has 2 aromatic rings. The number of amides is 2. The Morgan fingerprint density at radius 3 is 2.50 bits per heavy atom. The number of rotatable bonds is 3. The van der Waals surface area contributed by atoms with Crippen molar-refractivity contribution in [2.75, 3.05) is 4.90 Å². The van der Waals surface area contributed by atoms with Gasteiger partial charge in [0.1, 0.15) is 6.04 Å². The number of hydrogen-bond donors (Lipinski definition) is 1. The summed E-state index contributed by atoms with van der Waals surface area (Å²) in [6.45, 7) is 5.74. The number of halogens is 1. The van der Waals surface area contributed by atoms with Crippen LogP contribution < -0.4 is 10.2 Å². The Hall–Kier alpha value is -2.33. The van der Waals surface area contributed by atoms with E-state index >= 15 is 0 Å². The van der Waals surface area contributed by atoms with Gasteiger partial charge in [-0.15, -0.1) is 0 Å². The maximum atomic E-state index is 13.0. The van der Waals surface area contributed by atoms with Gasteiger partial charge < -0.3 is 10.2 Å². The van der Waals surface area contributed by atoms with Crippen LogP contribution in [0.2, 0.25) is 5.02 Å². The van der Waals surface area contributed by atoms with Crippen molar-refractivity contribution in [2.45, 2.75) is 33.4 Å². The van der Waals surface area contributed by atoms with E-state index in [1.807, 2.05) is 50.2 Å². The molecule has 1 aliphatic heterocycles. The average molecular weight is 343 g/mol. The van der Waals surface area contributed by atoms with Crippen molar-refractivity contribution in [3.05, 3.63) is 63.7 Å². The Labute approximate surface area is 146 Å². The van der Waals surface area contributed by atoms with Gasteiger partial charge >= 0.3 is 0 Å². The second-order valence-corrected chi connectivity index (χ2v) is 6.52. The van der Waals surface area contributed by atoms with Crippen LogP contribution in [0.15, 0.2) is 36.4 Å². The summed E-state index contributed by atoms with van der Waals surface area (Å²) >= 11 is 6.26. The lowest BCUT2D eigenvalue weighted by Crippen LogP contribution is -2.36. The lowest BCUT2D eigenvalue weighted by Gasteiger charge is -2.20. The predicted octanol–water partition coefficient (Wildman–Crippen LogP) is 3.68. The van der Waals surface area contributed by atoms with E-state index in [-0.39, 0.29) is 11.8 Å². The quantitative estimate of drug-likeness (QED) is 0.925. The fourth-order valence-electron chi connectivity index (χ4n) is 3.22. The van der Waals surface area contributed by atoms with E-state index < -0.39 is 6.04 Å². The Morgan fingerprint density at radius 1 is 1.17 bits per heavy atom. The Morgan fingerprint density at radius 2 is 1.83 bits per heavy atom. The number of carbonyl (C=O) groups is 2. The van der Waals surface area contributed by atoms with Gasteiger partial charge in [-0.05, 0) is 36.6 Å². The molecule has 1 heterocycles. The molecule has 0 aromatic heterocycles. The number of hydrogen-bond acceptors (Lipinski definition) is 2. The number of aryl methyl sites for hydroxylation is 2. The summed E-state index contributed by atoms with van der Waals surface area (Å²) in [6, 6.07) is 10.8. The lowest BCUT2D eigenvalue weighted by atomic mass is 9.99. The Kier molecular flexibility index (Phi) is 4.33. The number of nitrogens with zero attached hydrogens (tertiary/aromatic N) is 1. The van der Waals surface area contributed by atoms with Gasteiger partial charge in [0.15, 0.2) is 0 Å². The van der Waals surface area contributed by atoms with Crippen molar-refractivity contribution >= 4 is 29.1 Å². The van der Waals surface area contributed by atoms with E-state index in [0.717, 1.165) is 27.9 Å². The largest absolute Gasteiger partial charge is 0.341 e. The van der Waals surface area contributed by atoms with E-state index in [9.17, 15) is 9.59 Å². The van der Waals surface area contributed by atoms with Crippen molar-refractivity contribution in [3.63, 3.8) is 0 Å². The minimum Gasteiger partial charge on any atom is -0.341 e. The molecular weight excluding hydrogens is 324 g/mol. The molecule has 3 rings (SSSR count). The number of fused-ring (bicyclic) bond motifs is 1. The highest BCUT2D eigenvalue weighted by atomic mass is 35.5. The van der Waals surface area contributed by atoms with Crippen LogP contribution in [0, 0.1) is 13.8 Å². The van der Waals surface area contributed by atoms with Gasteiger partial charge in [0.2, 0.25) is 5.91 Å². The zero-order chi connectivity index (χ0) is 17.4. The maximum absolute atomic E-state index is 13.0. The molecule has 0 bridgehead atoms. The zero-order valence-electron chi connectivity index (χ0n) is 13.9. The summed E-state index contributed by atoms with van der Waals surface area (Å²) in [5.74, 6) is -0.350. The molecule has 0 fully saturated rings. The molecule has 5 heteroatoms.